The van der Waals surface area contributed by atoms with Crippen LogP contribution in [0.5, 0.6) is 0 Å². The van der Waals surface area contributed by atoms with Crippen molar-refractivity contribution in [2.75, 3.05) is 6.61 Å². The number of rotatable bonds is 8. The molecule has 0 aliphatic heterocycles. The number of nitro groups is 1. The first-order valence-corrected chi connectivity index (χ1v) is 7.61. The van der Waals surface area contributed by atoms with Gasteiger partial charge in [-0.3, -0.25) is 14.9 Å². The molecule has 0 N–H and O–H groups in total. The molecule has 9 nitrogen and oxygen atoms in total. The van der Waals surface area contributed by atoms with Crippen LogP contribution in [0.4, 0.5) is 5.69 Å². The van der Waals surface area contributed by atoms with E-state index in [2.05, 4.69) is 15.1 Å². The number of ether oxygens (including phenoxy) is 1. The lowest BCUT2D eigenvalue weighted by atomic mass is 10.2. The van der Waals surface area contributed by atoms with Gasteiger partial charge >= 0.3 is 5.97 Å². The van der Waals surface area contributed by atoms with Crippen molar-refractivity contribution in [2.45, 2.75) is 39.5 Å². The number of pyridine rings is 1. The number of aryl methyl sites for hydroxylation is 2. The molecule has 0 unspecified atom stereocenters. The quantitative estimate of drug-likeness (QED) is 0.312. The third-order valence-corrected chi connectivity index (χ3v) is 3.28. The van der Waals surface area contributed by atoms with Crippen molar-refractivity contribution in [2.24, 2.45) is 0 Å². The summed E-state index contributed by atoms with van der Waals surface area (Å²) in [6, 6.07) is 1.41. The van der Waals surface area contributed by atoms with Gasteiger partial charge in [-0.2, -0.15) is 4.98 Å². The van der Waals surface area contributed by atoms with Crippen molar-refractivity contribution >= 4 is 11.7 Å². The van der Waals surface area contributed by atoms with Crippen LogP contribution in [0, 0.1) is 17.0 Å². The molecule has 0 saturated carbocycles. The lowest BCUT2D eigenvalue weighted by molar-refractivity contribution is -0.385. The largest absolute Gasteiger partial charge is 0.466 e. The second-order valence-electron chi connectivity index (χ2n) is 5.14. The minimum Gasteiger partial charge on any atom is -0.466 e. The number of hydrogen-bond acceptors (Lipinski definition) is 8. The van der Waals surface area contributed by atoms with Gasteiger partial charge in [0.05, 0.1) is 11.5 Å². The lowest BCUT2D eigenvalue weighted by Crippen LogP contribution is -2.03. The number of unbranched alkanes of at least 4 members (excludes halogenated alkanes) is 1. The Hall–Kier alpha value is -2.84. The summed E-state index contributed by atoms with van der Waals surface area (Å²) in [6.45, 7) is 3.85. The Morgan fingerprint density at radius 1 is 1.42 bits per heavy atom. The van der Waals surface area contributed by atoms with Crippen molar-refractivity contribution in [3.05, 3.63) is 33.8 Å². The Bertz CT molecular complexity index is 728. The predicted molar refractivity (Wildman–Crippen MR) is 83.1 cm³/mol. The predicted octanol–water partition coefficient (Wildman–Crippen LogP) is 2.62. The van der Waals surface area contributed by atoms with Crippen LogP contribution in [0.15, 0.2) is 16.8 Å². The topological polar surface area (TPSA) is 121 Å². The third-order valence-electron chi connectivity index (χ3n) is 3.28. The van der Waals surface area contributed by atoms with Gasteiger partial charge in [0, 0.05) is 18.9 Å². The molecule has 0 bridgehead atoms. The van der Waals surface area contributed by atoms with Crippen molar-refractivity contribution in [3.63, 3.8) is 0 Å². The van der Waals surface area contributed by atoms with Crippen LogP contribution >= 0.6 is 0 Å². The Morgan fingerprint density at radius 3 is 2.88 bits per heavy atom. The van der Waals surface area contributed by atoms with Gasteiger partial charge in [0.15, 0.2) is 0 Å². The number of aromatic nitrogens is 3. The summed E-state index contributed by atoms with van der Waals surface area (Å²) in [7, 11) is 0. The van der Waals surface area contributed by atoms with E-state index in [1.54, 1.807) is 13.8 Å². The molecule has 0 aliphatic rings. The van der Waals surface area contributed by atoms with Gasteiger partial charge in [-0.05, 0) is 32.3 Å². The minimum absolute atomic E-state index is 0.0843. The Kier molecular flexibility index (Phi) is 5.94. The second-order valence-corrected chi connectivity index (χ2v) is 5.14. The Labute approximate surface area is 138 Å². The number of nitrogens with zero attached hydrogens (tertiary/aromatic N) is 4. The zero-order valence-corrected chi connectivity index (χ0v) is 13.5. The second kappa shape index (κ2) is 8.14. The summed E-state index contributed by atoms with van der Waals surface area (Å²) in [4.78, 5) is 29.7. The minimum atomic E-state index is -0.505. The summed E-state index contributed by atoms with van der Waals surface area (Å²) in [5, 5.41) is 14.6. The van der Waals surface area contributed by atoms with Crippen LogP contribution in [0.25, 0.3) is 11.5 Å². The lowest BCUT2D eigenvalue weighted by Gasteiger charge is -2.00. The normalized spacial score (nSPS) is 10.6. The van der Waals surface area contributed by atoms with Gasteiger partial charge in [0.1, 0.15) is 11.9 Å². The van der Waals surface area contributed by atoms with E-state index in [1.165, 1.54) is 6.07 Å². The molecule has 0 aromatic carbocycles. The molecule has 0 amide bonds. The van der Waals surface area contributed by atoms with Crippen molar-refractivity contribution in [1.29, 1.82) is 0 Å². The van der Waals surface area contributed by atoms with Crippen LogP contribution in [-0.2, 0) is 16.0 Å². The van der Waals surface area contributed by atoms with Gasteiger partial charge in [-0.25, -0.2) is 4.98 Å². The molecule has 0 atom stereocenters. The number of carbonyl (C=O) groups is 1. The molecule has 2 rings (SSSR count). The molecule has 0 saturated heterocycles. The smallest absolute Gasteiger partial charge is 0.305 e. The molecule has 2 aromatic heterocycles. The van der Waals surface area contributed by atoms with Gasteiger partial charge in [-0.1, -0.05) is 5.16 Å². The van der Waals surface area contributed by atoms with Gasteiger partial charge in [-0.15, -0.1) is 0 Å². The van der Waals surface area contributed by atoms with E-state index in [0.29, 0.717) is 55.3 Å². The Balaban J connectivity index is 1.93. The van der Waals surface area contributed by atoms with E-state index in [4.69, 9.17) is 9.26 Å². The molecule has 24 heavy (non-hydrogen) atoms. The molecular weight excluding hydrogens is 316 g/mol. The van der Waals surface area contributed by atoms with Crippen molar-refractivity contribution < 1.29 is 19.0 Å². The van der Waals surface area contributed by atoms with E-state index < -0.39 is 4.92 Å². The molecule has 2 aromatic rings. The number of esters is 1. The van der Waals surface area contributed by atoms with E-state index in [9.17, 15) is 14.9 Å². The van der Waals surface area contributed by atoms with Crippen LogP contribution < -0.4 is 0 Å². The first-order valence-electron chi connectivity index (χ1n) is 7.61. The molecule has 0 spiro atoms. The van der Waals surface area contributed by atoms with Gasteiger partial charge in [0.25, 0.3) is 5.69 Å². The monoisotopic (exact) mass is 334 g/mol. The maximum Gasteiger partial charge on any atom is 0.305 e. The summed E-state index contributed by atoms with van der Waals surface area (Å²) >= 11 is 0. The molecule has 0 radical (unpaired) electrons. The third kappa shape index (κ3) is 4.58. The number of hydrogen-bond donors (Lipinski definition) is 0. The molecule has 0 fully saturated rings. The zero-order valence-electron chi connectivity index (χ0n) is 13.5. The molecular formula is C15H18N4O5. The van der Waals surface area contributed by atoms with Gasteiger partial charge in [0.2, 0.25) is 11.7 Å². The maximum absolute atomic E-state index is 11.2. The highest BCUT2D eigenvalue weighted by atomic mass is 16.6. The fourth-order valence-electron chi connectivity index (χ4n) is 2.13. The fraction of sp³-hybridized carbons (Fsp3) is 0.467. The highest BCUT2D eigenvalue weighted by Gasteiger charge is 2.15. The number of carbonyl (C=O) groups excluding carboxylic acids is 1. The summed E-state index contributed by atoms with van der Waals surface area (Å²) in [5.74, 6) is 0.519. The Morgan fingerprint density at radius 2 is 2.21 bits per heavy atom. The van der Waals surface area contributed by atoms with Crippen molar-refractivity contribution in [3.8, 4) is 11.5 Å². The van der Waals surface area contributed by atoms with Crippen LogP contribution in [-0.4, -0.2) is 32.6 Å². The zero-order chi connectivity index (χ0) is 17.5. The van der Waals surface area contributed by atoms with Crippen molar-refractivity contribution in [1.82, 2.24) is 15.1 Å². The average molecular weight is 334 g/mol. The standard InChI is InChI=1S/C15H18N4O5/c1-3-23-13(20)7-5-4-6-12-17-15(18-24-12)14-10(2)8-11(9-16-14)19(21)22/h8-9H,3-7H2,1-2H3. The van der Waals surface area contributed by atoms with Crippen LogP contribution in [0.1, 0.15) is 37.6 Å². The fourth-order valence-corrected chi connectivity index (χ4v) is 2.13. The first kappa shape index (κ1) is 17.5. The van der Waals surface area contributed by atoms with Crippen LogP contribution in [0.2, 0.25) is 0 Å². The highest BCUT2D eigenvalue weighted by Crippen LogP contribution is 2.22. The van der Waals surface area contributed by atoms with Crippen LogP contribution in [0.3, 0.4) is 0 Å². The van der Waals surface area contributed by atoms with Gasteiger partial charge < -0.3 is 9.26 Å². The SMILES string of the molecule is CCOC(=O)CCCCc1nc(-c2ncc([N+](=O)[O-])cc2C)no1. The summed E-state index contributed by atoms with van der Waals surface area (Å²) in [6.07, 6.45) is 3.45. The molecule has 2 heterocycles. The van der Waals surface area contributed by atoms with E-state index in [1.807, 2.05) is 0 Å². The van der Waals surface area contributed by atoms with E-state index >= 15 is 0 Å². The van der Waals surface area contributed by atoms with E-state index in [0.717, 1.165) is 6.20 Å². The maximum atomic E-state index is 11.2. The van der Waals surface area contributed by atoms with E-state index in [-0.39, 0.29) is 11.7 Å². The molecule has 128 valence electrons. The molecule has 9 heteroatoms. The highest BCUT2D eigenvalue weighted by molar-refractivity contribution is 5.69. The molecule has 0 aliphatic carbocycles. The summed E-state index contributed by atoms with van der Waals surface area (Å²) < 4.78 is 10.0. The summed E-state index contributed by atoms with van der Waals surface area (Å²) in [5.41, 5.74) is 0.958. The average Bonchev–Trinajstić information content (AvgIpc) is 3.00. The first-order chi connectivity index (χ1) is 11.5.